The molecule has 1 saturated heterocycles. The van der Waals surface area contributed by atoms with E-state index in [0.29, 0.717) is 6.54 Å². The maximum atomic E-state index is 14.0. The number of carbonyl (C=O) groups is 2. The zero-order chi connectivity index (χ0) is 20.9. The van der Waals surface area contributed by atoms with Crippen molar-refractivity contribution < 1.29 is 9.59 Å². The lowest BCUT2D eigenvalue weighted by atomic mass is 10.0. The lowest BCUT2D eigenvalue weighted by Gasteiger charge is -2.33. The first kappa shape index (κ1) is 18.9. The van der Waals surface area contributed by atoms with Crippen molar-refractivity contribution in [3.05, 3.63) is 95.1 Å². The Morgan fingerprint density at radius 2 is 1.63 bits per heavy atom. The molecule has 5 rings (SSSR count). The number of hydrogen-bond acceptors (Lipinski definition) is 3. The number of benzene rings is 3. The summed E-state index contributed by atoms with van der Waals surface area (Å²) < 4.78 is 0. The third-order valence-electron chi connectivity index (χ3n) is 6.00. The summed E-state index contributed by atoms with van der Waals surface area (Å²) in [5.41, 5.74) is 5.87. The summed E-state index contributed by atoms with van der Waals surface area (Å²) >= 11 is 1.42. The van der Waals surface area contributed by atoms with Gasteiger partial charge >= 0.3 is 0 Å². The van der Waals surface area contributed by atoms with E-state index < -0.39 is 4.87 Å². The fourth-order valence-electron chi connectivity index (χ4n) is 4.34. The molecule has 0 N–H and O–H groups in total. The average molecular weight is 415 g/mol. The second-order valence-electron chi connectivity index (χ2n) is 7.82. The van der Waals surface area contributed by atoms with Crippen LogP contribution in [0.1, 0.15) is 22.3 Å². The van der Waals surface area contributed by atoms with E-state index in [1.807, 2.05) is 91.5 Å². The summed E-state index contributed by atoms with van der Waals surface area (Å²) in [5, 5.41) is 0. The minimum atomic E-state index is -1.05. The van der Waals surface area contributed by atoms with Crippen LogP contribution in [0.2, 0.25) is 0 Å². The van der Waals surface area contributed by atoms with E-state index in [4.69, 9.17) is 0 Å². The highest BCUT2D eigenvalue weighted by molar-refractivity contribution is 8.02. The number of carbonyl (C=O) groups excluding carboxylic acids is 2. The first-order valence-corrected chi connectivity index (χ1v) is 11.0. The largest absolute Gasteiger partial charge is 0.304 e. The van der Waals surface area contributed by atoms with Gasteiger partial charge in [0.25, 0.3) is 5.91 Å². The molecule has 1 fully saturated rings. The van der Waals surface area contributed by atoms with Crippen molar-refractivity contribution in [3.63, 3.8) is 0 Å². The van der Waals surface area contributed by atoms with Crippen LogP contribution in [0.4, 0.5) is 11.4 Å². The van der Waals surface area contributed by atoms with Crippen molar-refractivity contribution in [2.24, 2.45) is 0 Å². The molecule has 0 aliphatic carbocycles. The van der Waals surface area contributed by atoms with Crippen LogP contribution in [0.5, 0.6) is 0 Å². The maximum absolute atomic E-state index is 14.0. The molecule has 2 heterocycles. The Labute approximate surface area is 180 Å². The first-order valence-electron chi connectivity index (χ1n) is 10.0. The second kappa shape index (κ2) is 7.03. The number of thioether (sulfide) groups is 1. The molecule has 0 aromatic heterocycles. The van der Waals surface area contributed by atoms with Gasteiger partial charge in [0.15, 0.2) is 0 Å². The molecular weight excluding hydrogens is 392 g/mol. The molecular formula is C25H22N2O2S. The van der Waals surface area contributed by atoms with Crippen molar-refractivity contribution in [2.45, 2.75) is 25.3 Å². The molecule has 1 spiro atoms. The van der Waals surface area contributed by atoms with E-state index in [-0.39, 0.29) is 17.6 Å². The topological polar surface area (TPSA) is 40.6 Å². The van der Waals surface area contributed by atoms with Gasteiger partial charge in [-0.1, -0.05) is 54.6 Å². The predicted octanol–water partition coefficient (Wildman–Crippen LogP) is 4.78. The van der Waals surface area contributed by atoms with Gasteiger partial charge in [-0.25, -0.2) is 0 Å². The summed E-state index contributed by atoms with van der Waals surface area (Å²) in [6, 6.07) is 23.8. The Hall–Kier alpha value is -3.05. The van der Waals surface area contributed by atoms with Crippen LogP contribution in [0.25, 0.3) is 0 Å². The summed E-state index contributed by atoms with van der Waals surface area (Å²) in [6.45, 7) is 4.56. The number of para-hydroxylation sites is 1. The smallest absolute Gasteiger partial charge is 0.269 e. The first-order chi connectivity index (χ1) is 14.5. The van der Waals surface area contributed by atoms with Gasteiger partial charge in [-0.05, 0) is 48.7 Å². The molecule has 1 unspecified atom stereocenters. The van der Waals surface area contributed by atoms with Crippen molar-refractivity contribution >= 4 is 35.0 Å². The molecule has 2 aliphatic heterocycles. The maximum Gasteiger partial charge on any atom is 0.269 e. The highest BCUT2D eigenvalue weighted by Crippen LogP contribution is 2.56. The average Bonchev–Trinajstić information content (AvgIpc) is 3.22. The molecule has 30 heavy (non-hydrogen) atoms. The van der Waals surface area contributed by atoms with Crippen LogP contribution in [-0.2, 0) is 21.0 Å². The molecule has 2 aliphatic rings. The Kier molecular flexibility index (Phi) is 4.44. The highest BCUT2D eigenvalue weighted by Gasteiger charge is 2.60. The lowest BCUT2D eigenvalue weighted by molar-refractivity contribution is -0.123. The van der Waals surface area contributed by atoms with Gasteiger partial charge in [-0.2, -0.15) is 0 Å². The summed E-state index contributed by atoms with van der Waals surface area (Å²) in [6.07, 6.45) is 0. The SMILES string of the molecule is Cc1ccc(N2C(=O)CSC23C(=O)N(Cc2ccccc2)c2ccccc23)cc1C. The van der Waals surface area contributed by atoms with Crippen molar-refractivity contribution in [1.82, 2.24) is 0 Å². The third-order valence-corrected chi connectivity index (χ3v) is 7.38. The van der Waals surface area contributed by atoms with Gasteiger partial charge in [-0.15, -0.1) is 11.8 Å². The van der Waals surface area contributed by atoms with E-state index in [2.05, 4.69) is 0 Å². The van der Waals surface area contributed by atoms with Crippen molar-refractivity contribution in [1.29, 1.82) is 0 Å². The zero-order valence-electron chi connectivity index (χ0n) is 17.0. The number of amides is 2. The zero-order valence-corrected chi connectivity index (χ0v) is 17.8. The van der Waals surface area contributed by atoms with E-state index >= 15 is 0 Å². The lowest BCUT2D eigenvalue weighted by Crippen LogP contribution is -2.49. The Balaban J connectivity index is 1.66. The number of aryl methyl sites for hydroxylation is 2. The number of nitrogens with zero attached hydrogens (tertiary/aromatic N) is 2. The van der Waals surface area contributed by atoms with Gasteiger partial charge in [0.05, 0.1) is 18.0 Å². The number of hydrogen-bond donors (Lipinski definition) is 0. The van der Waals surface area contributed by atoms with Crippen LogP contribution in [0, 0.1) is 13.8 Å². The quantitative estimate of drug-likeness (QED) is 0.619. The molecule has 4 nitrogen and oxygen atoms in total. The molecule has 3 aromatic rings. The predicted molar refractivity (Wildman–Crippen MR) is 122 cm³/mol. The summed E-state index contributed by atoms with van der Waals surface area (Å²) in [7, 11) is 0. The minimum absolute atomic E-state index is 0.0343. The molecule has 3 aromatic carbocycles. The van der Waals surface area contributed by atoms with Gasteiger partial charge in [-0.3, -0.25) is 14.5 Å². The van der Waals surface area contributed by atoms with Crippen molar-refractivity contribution in [3.8, 4) is 0 Å². The Morgan fingerprint density at radius 1 is 0.900 bits per heavy atom. The molecule has 0 bridgehead atoms. The van der Waals surface area contributed by atoms with Crippen molar-refractivity contribution in [2.75, 3.05) is 15.6 Å². The normalized spacial score (nSPS) is 20.3. The van der Waals surface area contributed by atoms with Gasteiger partial charge < -0.3 is 4.90 Å². The second-order valence-corrected chi connectivity index (χ2v) is 8.99. The highest BCUT2D eigenvalue weighted by atomic mass is 32.2. The van der Waals surface area contributed by atoms with Gasteiger partial charge in [0.1, 0.15) is 0 Å². The number of anilines is 2. The fourth-order valence-corrected chi connectivity index (χ4v) is 5.70. The molecule has 1 atom stereocenters. The molecule has 0 radical (unpaired) electrons. The van der Waals surface area contributed by atoms with E-state index in [0.717, 1.165) is 33.6 Å². The standard InChI is InChI=1S/C25H22N2O2S/c1-17-12-13-20(14-18(17)2)27-23(28)16-30-25(27)21-10-6-7-11-22(21)26(24(25)29)15-19-8-4-3-5-9-19/h3-14H,15-16H2,1-2H3. The van der Waals surface area contributed by atoms with E-state index in [1.54, 1.807) is 4.90 Å². The molecule has 0 saturated carbocycles. The van der Waals surface area contributed by atoms with Crippen LogP contribution < -0.4 is 9.80 Å². The van der Waals surface area contributed by atoms with E-state index in [9.17, 15) is 9.59 Å². The minimum Gasteiger partial charge on any atom is -0.304 e. The molecule has 5 heteroatoms. The number of rotatable bonds is 3. The number of fused-ring (bicyclic) bond motifs is 2. The monoisotopic (exact) mass is 414 g/mol. The van der Waals surface area contributed by atoms with Crippen LogP contribution in [0.15, 0.2) is 72.8 Å². The van der Waals surface area contributed by atoms with Crippen LogP contribution in [0.3, 0.4) is 0 Å². The van der Waals surface area contributed by atoms with Gasteiger partial charge in [0, 0.05) is 11.3 Å². The summed E-state index contributed by atoms with van der Waals surface area (Å²) in [5.74, 6) is 0.196. The summed E-state index contributed by atoms with van der Waals surface area (Å²) in [4.78, 5) is 29.6. The Bertz CT molecular complexity index is 1160. The van der Waals surface area contributed by atoms with Crippen LogP contribution >= 0.6 is 11.8 Å². The van der Waals surface area contributed by atoms with Crippen LogP contribution in [-0.4, -0.2) is 17.6 Å². The third kappa shape index (κ3) is 2.69. The molecule has 2 amide bonds. The fraction of sp³-hybridized carbons (Fsp3) is 0.200. The van der Waals surface area contributed by atoms with E-state index in [1.165, 1.54) is 11.8 Å². The van der Waals surface area contributed by atoms with Gasteiger partial charge in [0.2, 0.25) is 10.8 Å². The molecule has 150 valence electrons. The Morgan fingerprint density at radius 3 is 2.40 bits per heavy atom.